The Labute approximate surface area is 174 Å². The average Bonchev–Trinajstić information content (AvgIpc) is 2.66. The zero-order chi connectivity index (χ0) is 18.1. The van der Waals surface area contributed by atoms with Crippen molar-refractivity contribution in [3.63, 3.8) is 0 Å². The van der Waals surface area contributed by atoms with Crippen LogP contribution in [0.4, 0.5) is 0 Å². The Morgan fingerprint density at radius 2 is 1.88 bits per heavy atom. The smallest absolute Gasteiger partial charge is 0.251 e. The van der Waals surface area contributed by atoms with Gasteiger partial charge in [-0.1, -0.05) is 19.1 Å². The molecule has 0 aliphatic carbocycles. The van der Waals surface area contributed by atoms with E-state index in [1.807, 2.05) is 24.3 Å². The van der Waals surface area contributed by atoms with Crippen molar-refractivity contribution in [2.24, 2.45) is 4.99 Å². The number of aliphatic imine (C=N–C) groups is 1. The van der Waals surface area contributed by atoms with Crippen molar-refractivity contribution in [3.05, 3.63) is 35.4 Å². The number of nitrogens with one attached hydrogen (secondary N) is 3. The molecule has 1 fully saturated rings. The largest absolute Gasteiger partial charge is 0.355 e. The standard InChI is InChI=1S/C19H31N5O.HI/c1-4-11-24-12-9-17(10-13-24)23-19(21-3)22-14-15-5-7-16(8-6-15)18(25)20-2;/h5-8,17H,4,9-14H2,1-3H3,(H,20,25)(H2,21,22,23);1H. The highest BCUT2D eigenvalue weighted by molar-refractivity contribution is 14.0. The Hall–Kier alpha value is -1.35. The summed E-state index contributed by atoms with van der Waals surface area (Å²) in [6, 6.07) is 8.10. The van der Waals surface area contributed by atoms with E-state index in [4.69, 9.17) is 0 Å². The minimum absolute atomic E-state index is 0. The number of hydrogen-bond donors (Lipinski definition) is 3. The third-order valence-electron chi connectivity index (χ3n) is 4.60. The number of benzene rings is 1. The van der Waals surface area contributed by atoms with E-state index in [-0.39, 0.29) is 29.9 Å². The van der Waals surface area contributed by atoms with Crippen LogP contribution >= 0.6 is 24.0 Å². The molecule has 1 aliphatic heterocycles. The van der Waals surface area contributed by atoms with Gasteiger partial charge in [-0.15, -0.1) is 24.0 Å². The fraction of sp³-hybridized carbons (Fsp3) is 0.579. The Morgan fingerprint density at radius 3 is 2.42 bits per heavy atom. The number of nitrogens with zero attached hydrogens (tertiary/aromatic N) is 2. The van der Waals surface area contributed by atoms with E-state index < -0.39 is 0 Å². The molecule has 26 heavy (non-hydrogen) atoms. The van der Waals surface area contributed by atoms with Gasteiger partial charge in [-0.05, 0) is 43.5 Å². The highest BCUT2D eigenvalue weighted by Crippen LogP contribution is 2.10. The van der Waals surface area contributed by atoms with Crippen LogP contribution in [-0.4, -0.2) is 56.5 Å². The Balaban J connectivity index is 0.00000338. The van der Waals surface area contributed by atoms with Crippen molar-refractivity contribution in [2.75, 3.05) is 33.7 Å². The number of halogens is 1. The summed E-state index contributed by atoms with van der Waals surface area (Å²) in [5, 5.41) is 9.51. The van der Waals surface area contributed by atoms with Crippen LogP contribution in [0.1, 0.15) is 42.1 Å². The average molecular weight is 473 g/mol. The van der Waals surface area contributed by atoms with Gasteiger partial charge in [0.15, 0.2) is 5.96 Å². The van der Waals surface area contributed by atoms with Gasteiger partial charge in [0.2, 0.25) is 0 Å². The summed E-state index contributed by atoms with van der Waals surface area (Å²) >= 11 is 0. The molecule has 1 aliphatic rings. The van der Waals surface area contributed by atoms with Crippen molar-refractivity contribution < 1.29 is 4.79 Å². The first-order chi connectivity index (χ1) is 12.2. The minimum Gasteiger partial charge on any atom is -0.355 e. The molecule has 0 unspecified atom stereocenters. The van der Waals surface area contributed by atoms with Crippen molar-refractivity contribution in [1.82, 2.24) is 20.9 Å². The number of hydrogen-bond acceptors (Lipinski definition) is 3. The van der Waals surface area contributed by atoms with Crippen molar-refractivity contribution in [3.8, 4) is 0 Å². The number of guanidine groups is 1. The van der Waals surface area contributed by atoms with Crippen LogP contribution in [-0.2, 0) is 6.54 Å². The lowest BCUT2D eigenvalue weighted by Crippen LogP contribution is -2.48. The topological polar surface area (TPSA) is 68.8 Å². The molecule has 146 valence electrons. The van der Waals surface area contributed by atoms with Gasteiger partial charge in [0.1, 0.15) is 0 Å². The molecule has 6 nitrogen and oxygen atoms in total. The molecule has 0 spiro atoms. The summed E-state index contributed by atoms with van der Waals surface area (Å²) < 4.78 is 0. The predicted molar refractivity (Wildman–Crippen MR) is 118 cm³/mol. The summed E-state index contributed by atoms with van der Waals surface area (Å²) in [6.45, 7) is 6.43. The maximum atomic E-state index is 11.6. The maximum Gasteiger partial charge on any atom is 0.251 e. The Morgan fingerprint density at radius 1 is 1.23 bits per heavy atom. The van der Waals surface area contributed by atoms with Crippen molar-refractivity contribution >= 4 is 35.8 Å². The van der Waals surface area contributed by atoms with E-state index in [1.165, 1.54) is 13.0 Å². The normalized spacial score (nSPS) is 15.9. The highest BCUT2D eigenvalue weighted by atomic mass is 127. The second-order valence-corrected chi connectivity index (χ2v) is 6.46. The summed E-state index contributed by atoms with van der Waals surface area (Å²) in [4.78, 5) is 18.4. The summed E-state index contributed by atoms with van der Waals surface area (Å²) in [5.41, 5.74) is 1.79. The quantitative estimate of drug-likeness (QED) is 0.337. The van der Waals surface area contributed by atoms with Gasteiger partial charge in [-0.25, -0.2) is 0 Å². The van der Waals surface area contributed by atoms with E-state index in [9.17, 15) is 4.79 Å². The van der Waals surface area contributed by atoms with Crippen LogP contribution in [0.15, 0.2) is 29.3 Å². The number of piperidine rings is 1. The summed E-state index contributed by atoms with van der Waals surface area (Å²) in [7, 11) is 3.44. The molecule has 1 aromatic carbocycles. The van der Waals surface area contributed by atoms with Crippen molar-refractivity contribution in [1.29, 1.82) is 0 Å². The fourth-order valence-electron chi connectivity index (χ4n) is 3.11. The fourth-order valence-corrected chi connectivity index (χ4v) is 3.11. The lowest BCUT2D eigenvalue weighted by atomic mass is 10.1. The molecule has 2 rings (SSSR count). The summed E-state index contributed by atoms with van der Waals surface area (Å²) in [5.74, 6) is 0.774. The molecule has 0 aromatic heterocycles. The number of carbonyl (C=O) groups is 1. The molecule has 1 aromatic rings. The molecular formula is C19H32IN5O. The van der Waals surface area contributed by atoms with Gasteiger partial charge < -0.3 is 20.9 Å². The van der Waals surface area contributed by atoms with E-state index in [0.29, 0.717) is 18.2 Å². The number of rotatable bonds is 6. The van der Waals surface area contributed by atoms with E-state index in [2.05, 4.69) is 32.8 Å². The molecule has 1 saturated heterocycles. The van der Waals surface area contributed by atoms with Crippen molar-refractivity contribution in [2.45, 2.75) is 38.8 Å². The zero-order valence-electron chi connectivity index (χ0n) is 16.0. The molecule has 0 atom stereocenters. The van der Waals surface area contributed by atoms with Gasteiger partial charge in [0.05, 0.1) is 0 Å². The van der Waals surface area contributed by atoms with Crippen LogP contribution in [0.2, 0.25) is 0 Å². The molecule has 1 heterocycles. The molecule has 1 amide bonds. The molecule has 0 radical (unpaired) electrons. The third-order valence-corrected chi connectivity index (χ3v) is 4.60. The van der Waals surface area contributed by atoms with Crippen LogP contribution in [0.5, 0.6) is 0 Å². The molecule has 7 heteroatoms. The van der Waals surface area contributed by atoms with E-state index in [1.54, 1.807) is 14.1 Å². The first-order valence-corrected chi connectivity index (χ1v) is 9.16. The number of carbonyl (C=O) groups excluding carboxylic acids is 1. The molecule has 0 bridgehead atoms. The zero-order valence-corrected chi connectivity index (χ0v) is 18.4. The maximum absolute atomic E-state index is 11.6. The number of likely N-dealkylation sites (tertiary alicyclic amines) is 1. The van der Waals surface area contributed by atoms with Crippen LogP contribution in [0, 0.1) is 0 Å². The second kappa shape index (κ2) is 12.1. The van der Waals surface area contributed by atoms with Gasteiger partial charge in [0.25, 0.3) is 5.91 Å². The van der Waals surface area contributed by atoms with Gasteiger partial charge in [-0.2, -0.15) is 0 Å². The first-order valence-electron chi connectivity index (χ1n) is 9.16. The van der Waals surface area contributed by atoms with Crippen LogP contribution in [0.25, 0.3) is 0 Å². The first kappa shape index (κ1) is 22.7. The van der Waals surface area contributed by atoms with Crippen LogP contribution < -0.4 is 16.0 Å². The van der Waals surface area contributed by atoms with Gasteiger partial charge in [0, 0.05) is 45.3 Å². The van der Waals surface area contributed by atoms with Crippen LogP contribution in [0.3, 0.4) is 0 Å². The number of amides is 1. The van der Waals surface area contributed by atoms with Gasteiger partial charge in [-0.3, -0.25) is 9.79 Å². The lowest BCUT2D eigenvalue weighted by molar-refractivity contribution is 0.0963. The highest BCUT2D eigenvalue weighted by Gasteiger charge is 2.19. The summed E-state index contributed by atoms with van der Waals surface area (Å²) in [6.07, 6.45) is 3.53. The van der Waals surface area contributed by atoms with Gasteiger partial charge >= 0.3 is 0 Å². The third kappa shape index (κ3) is 7.11. The Bertz CT molecular complexity index is 568. The molecule has 0 saturated carbocycles. The monoisotopic (exact) mass is 473 g/mol. The minimum atomic E-state index is -0.0635. The SMILES string of the molecule is CCCN1CCC(NC(=NC)NCc2ccc(C(=O)NC)cc2)CC1.I. The lowest BCUT2D eigenvalue weighted by Gasteiger charge is -2.32. The Kier molecular flexibility index (Phi) is 10.6. The predicted octanol–water partition coefficient (Wildman–Crippen LogP) is 2.20. The van der Waals surface area contributed by atoms with E-state index >= 15 is 0 Å². The second-order valence-electron chi connectivity index (χ2n) is 6.46. The molecular weight excluding hydrogens is 441 g/mol. The van der Waals surface area contributed by atoms with E-state index in [0.717, 1.165) is 37.5 Å². The molecule has 3 N–H and O–H groups in total.